The monoisotopic (exact) mass is 801 g/mol. The fraction of sp³-hybridized carbons (Fsp3) is 0.862. The van der Waals surface area contributed by atoms with Gasteiger partial charge in [-0.05, 0) is 163 Å². The topological polar surface area (TPSA) is 0 Å². The largest absolute Gasteiger partial charge is 0.0882 e. The molecule has 0 amide bonds. The van der Waals surface area contributed by atoms with Crippen LogP contribution in [0.15, 0.2) is 48.6 Å². The average molecular weight is 801 g/mol. The van der Waals surface area contributed by atoms with Crippen molar-refractivity contribution in [3.8, 4) is 0 Å². The van der Waals surface area contributed by atoms with Crippen LogP contribution < -0.4 is 0 Å². The van der Waals surface area contributed by atoms with Gasteiger partial charge in [-0.3, -0.25) is 0 Å². The number of hydrogen-bond donors (Lipinski definition) is 0. The van der Waals surface area contributed by atoms with Gasteiger partial charge in [0.15, 0.2) is 0 Å². The second kappa shape index (κ2) is 33.6. The van der Waals surface area contributed by atoms with E-state index >= 15 is 0 Å². The number of fused-ring (bicyclic) bond motifs is 1. The highest BCUT2D eigenvalue weighted by atomic mass is 14.6. The van der Waals surface area contributed by atoms with Gasteiger partial charge >= 0.3 is 0 Å². The van der Waals surface area contributed by atoms with E-state index in [0.29, 0.717) is 5.41 Å². The summed E-state index contributed by atoms with van der Waals surface area (Å²) in [5.74, 6) is 4.26. The van der Waals surface area contributed by atoms with Crippen molar-refractivity contribution in [3.05, 3.63) is 48.6 Å². The smallest absolute Gasteiger partial charge is 0.0169 e. The predicted octanol–water partition coefficient (Wildman–Crippen LogP) is 20.4. The van der Waals surface area contributed by atoms with Crippen molar-refractivity contribution in [2.75, 3.05) is 0 Å². The first-order valence-corrected chi connectivity index (χ1v) is 27.2. The molecule has 3 aliphatic rings. The third-order valence-corrected chi connectivity index (χ3v) is 16.0. The van der Waals surface area contributed by atoms with Gasteiger partial charge < -0.3 is 0 Å². The van der Waals surface area contributed by atoms with Crippen molar-refractivity contribution in [1.82, 2.24) is 0 Å². The highest BCUT2D eigenvalue weighted by molar-refractivity contribution is 5.03. The molecule has 3 saturated carbocycles. The summed E-state index contributed by atoms with van der Waals surface area (Å²) in [6.45, 7) is 9.41. The van der Waals surface area contributed by atoms with E-state index in [1.165, 1.54) is 180 Å². The maximum absolute atomic E-state index is 2.44. The maximum Gasteiger partial charge on any atom is -0.0169 e. The Bertz CT molecular complexity index is 970. The molecule has 4 atom stereocenters. The molecule has 0 aromatic heterocycles. The average Bonchev–Trinajstić information content (AvgIpc) is 3.59. The van der Waals surface area contributed by atoms with Crippen LogP contribution in [0.3, 0.4) is 0 Å². The van der Waals surface area contributed by atoms with Gasteiger partial charge in [0.1, 0.15) is 0 Å². The summed E-state index contributed by atoms with van der Waals surface area (Å²) in [5, 5.41) is 0. The van der Waals surface area contributed by atoms with E-state index in [1.807, 2.05) is 0 Å². The van der Waals surface area contributed by atoms with Gasteiger partial charge in [-0.25, -0.2) is 0 Å². The van der Waals surface area contributed by atoms with Crippen molar-refractivity contribution in [2.45, 2.75) is 285 Å². The first-order chi connectivity index (χ1) is 28.6. The Kier molecular flexibility index (Phi) is 29.7. The van der Waals surface area contributed by atoms with Crippen LogP contribution in [0.4, 0.5) is 0 Å². The Morgan fingerprint density at radius 1 is 0.362 bits per heavy atom. The molecule has 0 radical (unpaired) electrons. The summed E-state index contributed by atoms with van der Waals surface area (Å²) < 4.78 is 0. The van der Waals surface area contributed by atoms with Crippen molar-refractivity contribution >= 4 is 0 Å². The Labute approximate surface area is 366 Å². The molecular formula is C58H104. The Morgan fingerprint density at radius 2 is 0.707 bits per heavy atom. The van der Waals surface area contributed by atoms with Crippen LogP contribution in [0.5, 0.6) is 0 Å². The molecule has 0 bridgehead atoms. The molecule has 0 aromatic carbocycles. The van der Waals surface area contributed by atoms with Crippen LogP contribution in [0.2, 0.25) is 0 Å². The molecular weight excluding hydrogens is 697 g/mol. The Morgan fingerprint density at radius 3 is 1.09 bits per heavy atom. The van der Waals surface area contributed by atoms with Gasteiger partial charge in [0.2, 0.25) is 0 Å². The van der Waals surface area contributed by atoms with E-state index in [-0.39, 0.29) is 0 Å². The lowest BCUT2D eigenvalue weighted by atomic mass is 9.59. The lowest BCUT2D eigenvalue weighted by Crippen LogP contribution is -2.33. The van der Waals surface area contributed by atoms with E-state index < -0.39 is 0 Å². The number of allylic oxidation sites excluding steroid dienone is 8. The summed E-state index contributed by atoms with van der Waals surface area (Å²) in [5.41, 5.74) is 1.41. The molecule has 0 N–H and O–H groups in total. The van der Waals surface area contributed by atoms with Crippen LogP contribution in [-0.2, 0) is 0 Å². The van der Waals surface area contributed by atoms with Crippen LogP contribution in [-0.4, -0.2) is 0 Å². The summed E-state index contributed by atoms with van der Waals surface area (Å²) in [4.78, 5) is 0. The molecule has 336 valence electrons. The SMILES string of the molecule is CCCCC/C=C\C/C=C\CCCCCCCCC1(CCCCCCCC/C=C\C/C=C\CCCCC)CCC2(CC1)C[C@H]1C[C@@H](CCCC)[C@@H](CCCC)C[C@@H]1C2. The number of unbranched alkanes of at least 4 members (excludes halogenated alkanes) is 20. The first kappa shape index (κ1) is 51.3. The highest BCUT2D eigenvalue weighted by Crippen LogP contribution is 2.63. The molecule has 0 heteroatoms. The lowest BCUT2D eigenvalue weighted by molar-refractivity contribution is 0.0568. The molecule has 1 spiro atoms. The van der Waals surface area contributed by atoms with Crippen LogP contribution in [0, 0.1) is 34.5 Å². The molecule has 0 unspecified atom stereocenters. The van der Waals surface area contributed by atoms with Gasteiger partial charge in [-0.15, -0.1) is 0 Å². The fourth-order valence-corrected chi connectivity index (χ4v) is 12.2. The zero-order chi connectivity index (χ0) is 41.3. The van der Waals surface area contributed by atoms with Crippen molar-refractivity contribution in [2.24, 2.45) is 34.5 Å². The molecule has 0 heterocycles. The van der Waals surface area contributed by atoms with E-state index in [4.69, 9.17) is 0 Å². The molecule has 3 aliphatic carbocycles. The Balaban J connectivity index is 1.38. The number of rotatable bonds is 36. The molecule has 0 nitrogen and oxygen atoms in total. The minimum absolute atomic E-state index is 0.677. The van der Waals surface area contributed by atoms with Gasteiger partial charge in [-0.2, -0.15) is 0 Å². The second-order valence-electron chi connectivity index (χ2n) is 20.9. The summed E-state index contributed by atoms with van der Waals surface area (Å²) >= 11 is 0. The summed E-state index contributed by atoms with van der Waals surface area (Å²) in [7, 11) is 0. The summed E-state index contributed by atoms with van der Waals surface area (Å²) in [6.07, 6.45) is 76.8. The van der Waals surface area contributed by atoms with Crippen molar-refractivity contribution in [3.63, 3.8) is 0 Å². The maximum atomic E-state index is 2.44. The molecule has 0 aliphatic heterocycles. The van der Waals surface area contributed by atoms with Gasteiger partial charge in [-0.1, -0.05) is 205 Å². The van der Waals surface area contributed by atoms with Crippen molar-refractivity contribution in [1.29, 1.82) is 0 Å². The van der Waals surface area contributed by atoms with Gasteiger partial charge in [0.05, 0.1) is 0 Å². The van der Waals surface area contributed by atoms with E-state index in [9.17, 15) is 0 Å². The zero-order valence-electron chi connectivity index (χ0n) is 40.2. The minimum atomic E-state index is 0.677. The predicted molar refractivity (Wildman–Crippen MR) is 263 cm³/mol. The Hall–Kier alpha value is -1.04. The van der Waals surface area contributed by atoms with Crippen molar-refractivity contribution < 1.29 is 0 Å². The molecule has 0 aromatic rings. The number of hydrogen-bond acceptors (Lipinski definition) is 0. The molecule has 3 rings (SSSR count). The third-order valence-electron chi connectivity index (χ3n) is 16.0. The van der Waals surface area contributed by atoms with Gasteiger partial charge in [0, 0.05) is 0 Å². The van der Waals surface area contributed by atoms with Crippen LogP contribution in [0.1, 0.15) is 285 Å². The minimum Gasteiger partial charge on any atom is -0.0882 e. The van der Waals surface area contributed by atoms with E-state index in [1.54, 1.807) is 64.2 Å². The first-order valence-electron chi connectivity index (χ1n) is 27.2. The molecule has 58 heavy (non-hydrogen) atoms. The van der Waals surface area contributed by atoms with E-state index in [0.717, 1.165) is 41.9 Å². The lowest BCUT2D eigenvalue weighted by Gasteiger charge is -2.46. The van der Waals surface area contributed by atoms with Crippen LogP contribution >= 0.6 is 0 Å². The fourth-order valence-electron chi connectivity index (χ4n) is 12.2. The van der Waals surface area contributed by atoms with E-state index in [2.05, 4.69) is 76.3 Å². The molecule has 3 fully saturated rings. The quantitative estimate of drug-likeness (QED) is 0.0437. The van der Waals surface area contributed by atoms with Crippen LogP contribution in [0.25, 0.3) is 0 Å². The zero-order valence-corrected chi connectivity index (χ0v) is 40.2. The highest BCUT2D eigenvalue weighted by Gasteiger charge is 2.51. The summed E-state index contributed by atoms with van der Waals surface area (Å²) in [6, 6.07) is 0. The standard InChI is InChI=1S/C58H104/c1-5-9-13-15-17-19-21-23-25-27-29-31-33-35-37-39-43-57(44-40-38-36-34-32-30-28-26-24-22-20-18-16-14-10-6-2)45-47-58(48-46-57)51-55-49-53(41-11-7-3)54(42-12-8-4)50-56(55)52-58/h17-20,23-26,53-56H,5-16,21-22,27-52H2,1-4H3/b19-17-,20-18-,25-23-,26-24-/t53-,54+,55-,56-/m1/s1. The van der Waals surface area contributed by atoms with Gasteiger partial charge in [0.25, 0.3) is 0 Å². The molecule has 0 saturated heterocycles. The normalized spacial score (nSPS) is 23.1. The second-order valence-corrected chi connectivity index (χ2v) is 20.9. The third kappa shape index (κ3) is 22.2.